The monoisotopic (exact) mass is 270 g/mol. The number of carbonyl (C=O) groups is 1. The molecule has 1 rings (SSSR count). The zero-order valence-electron chi connectivity index (χ0n) is 11.4. The van der Waals surface area contributed by atoms with E-state index in [2.05, 4.69) is 10.4 Å². The summed E-state index contributed by atoms with van der Waals surface area (Å²) in [5, 5.41) is 15.5. The Bertz CT molecular complexity index is 587. The van der Waals surface area contributed by atoms with Gasteiger partial charge in [-0.1, -0.05) is 13.8 Å². The highest BCUT2D eigenvalue weighted by atomic mass is 16.4. The third kappa shape index (κ3) is 3.43. The van der Waals surface area contributed by atoms with E-state index < -0.39 is 23.3 Å². The molecule has 1 aromatic heterocycles. The highest BCUT2D eigenvalue weighted by molar-refractivity contribution is 5.68. The van der Waals surface area contributed by atoms with Crippen molar-refractivity contribution in [1.29, 1.82) is 0 Å². The van der Waals surface area contributed by atoms with E-state index in [4.69, 9.17) is 5.11 Å². The number of nitrogens with zero attached hydrogens (tertiary/aromatic N) is 3. The summed E-state index contributed by atoms with van der Waals surface area (Å²) < 4.78 is 1.95. The maximum Gasteiger partial charge on any atom is 0.346 e. The molecule has 106 valence electrons. The number of anilines is 1. The van der Waals surface area contributed by atoms with E-state index in [-0.39, 0.29) is 18.2 Å². The molecule has 0 radical (unpaired) electrons. The second-order valence-corrected chi connectivity index (χ2v) is 4.71. The van der Waals surface area contributed by atoms with Crippen LogP contribution >= 0.6 is 0 Å². The van der Waals surface area contributed by atoms with Crippen molar-refractivity contribution in [3.8, 4) is 0 Å². The van der Waals surface area contributed by atoms with Gasteiger partial charge in [0.1, 0.15) is 0 Å². The Morgan fingerprint density at radius 3 is 2.42 bits per heavy atom. The van der Waals surface area contributed by atoms with Gasteiger partial charge in [-0.25, -0.2) is 9.48 Å². The number of aryl methyl sites for hydroxylation is 1. The molecule has 0 fully saturated rings. The lowest BCUT2D eigenvalue weighted by atomic mass is 10.0. The molecule has 0 aliphatic carbocycles. The van der Waals surface area contributed by atoms with Crippen LogP contribution in [0.15, 0.2) is 9.59 Å². The third-order valence-electron chi connectivity index (χ3n) is 2.84. The van der Waals surface area contributed by atoms with Crippen molar-refractivity contribution >= 4 is 11.8 Å². The van der Waals surface area contributed by atoms with Gasteiger partial charge in [-0.3, -0.25) is 14.2 Å². The van der Waals surface area contributed by atoms with Crippen LogP contribution < -0.4 is 16.6 Å². The molecule has 8 heteroatoms. The fraction of sp³-hybridized carbons (Fsp3) is 0.636. The Labute approximate surface area is 109 Å². The summed E-state index contributed by atoms with van der Waals surface area (Å²) in [4.78, 5) is 34.1. The summed E-state index contributed by atoms with van der Waals surface area (Å²) in [6.45, 7) is 3.68. The fourth-order valence-corrected chi connectivity index (χ4v) is 1.61. The summed E-state index contributed by atoms with van der Waals surface area (Å²) in [5.74, 6) is -0.989. The minimum absolute atomic E-state index is 0.000148. The molecular formula is C11H18N4O4. The Morgan fingerprint density at radius 1 is 1.37 bits per heavy atom. The van der Waals surface area contributed by atoms with Gasteiger partial charge in [0, 0.05) is 20.1 Å². The number of hydrogen-bond donors (Lipinski definition) is 2. The predicted molar refractivity (Wildman–Crippen MR) is 69.2 cm³/mol. The number of rotatable bonds is 5. The quantitative estimate of drug-likeness (QED) is 0.739. The van der Waals surface area contributed by atoms with Gasteiger partial charge in [-0.2, -0.15) is 0 Å². The van der Waals surface area contributed by atoms with Crippen molar-refractivity contribution in [1.82, 2.24) is 14.3 Å². The minimum atomic E-state index is -0.965. The van der Waals surface area contributed by atoms with E-state index in [1.165, 1.54) is 14.1 Å². The molecule has 0 aliphatic heterocycles. The molecule has 0 saturated carbocycles. The summed E-state index contributed by atoms with van der Waals surface area (Å²) in [6.07, 6.45) is -0.134. The van der Waals surface area contributed by atoms with Crippen LogP contribution in [0.3, 0.4) is 0 Å². The fourth-order valence-electron chi connectivity index (χ4n) is 1.61. The Kier molecular flexibility index (Phi) is 4.47. The summed E-state index contributed by atoms with van der Waals surface area (Å²) >= 11 is 0. The molecule has 0 saturated heterocycles. The smallest absolute Gasteiger partial charge is 0.346 e. The van der Waals surface area contributed by atoms with Crippen LogP contribution in [0.1, 0.15) is 20.3 Å². The van der Waals surface area contributed by atoms with E-state index in [0.717, 1.165) is 9.25 Å². The molecule has 8 nitrogen and oxygen atoms in total. The second-order valence-electron chi connectivity index (χ2n) is 4.71. The molecule has 0 aliphatic rings. The van der Waals surface area contributed by atoms with E-state index in [9.17, 15) is 14.4 Å². The standard InChI is InChI=1S/C11H18N4O4/c1-6(2)7(5-8(16)17)12-9-10(18)14(3)11(19)15(4)13-9/h6-7H,5H2,1-4H3,(H,12,13)(H,16,17). The van der Waals surface area contributed by atoms with Crippen LogP contribution in [0.2, 0.25) is 0 Å². The van der Waals surface area contributed by atoms with Crippen LogP contribution in [0.4, 0.5) is 5.82 Å². The summed E-state index contributed by atoms with van der Waals surface area (Å²) in [7, 11) is 2.77. The predicted octanol–water partition coefficient (Wildman–Crippen LogP) is -0.610. The van der Waals surface area contributed by atoms with Crippen molar-refractivity contribution in [2.75, 3.05) is 5.32 Å². The van der Waals surface area contributed by atoms with Gasteiger partial charge in [0.2, 0.25) is 5.82 Å². The van der Waals surface area contributed by atoms with Gasteiger partial charge < -0.3 is 10.4 Å². The molecule has 0 bridgehead atoms. The van der Waals surface area contributed by atoms with E-state index in [0.29, 0.717) is 0 Å². The van der Waals surface area contributed by atoms with Crippen LogP contribution in [0.5, 0.6) is 0 Å². The second kappa shape index (κ2) is 5.68. The lowest BCUT2D eigenvalue weighted by Crippen LogP contribution is -2.42. The molecule has 0 amide bonds. The molecule has 1 unspecified atom stereocenters. The van der Waals surface area contributed by atoms with Gasteiger partial charge in [-0.15, -0.1) is 5.10 Å². The molecule has 1 heterocycles. The zero-order valence-corrected chi connectivity index (χ0v) is 11.4. The van der Waals surface area contributed by atoms with Crippen molar-refractivity contribution in [2.45, 2.75) is 26.3 Å². The lowest BCUT2D eigenvalue weighted by Gasteiger charge is -2.21. The highest BCUT2D eigenvalue weighted by Crippen LogP contribution is 2.10. The molecule has 1 atom stereocenters. The molecule has 1 aromatic rings. The van der Waals surface area contributed by atoms with Crippen molar-refractivity contribution in [3.63, 3.8) is 0 Å². The average Bonchev–Trinajstić information content (AvgIpc) is 2.31. The van der Waals surface area contributed by atoms with E-state index in [1.807, 2.05) is 13.8 Å². The number of hydrogen-bond acceptors (Lipinski definition) is 5. The van der Waals surface area contributed by atoms with Gasteiger partial charge >= 0.3 is 11.7 Å². The highest BCUT2D eigenvalue weighted by Gasteiger charge is 2.20. The van der Waals surface area contributed by atoms with Gasteiger partial charge in [0.05, 0.1) is 6.42 Å². The van der Waals surface area contributed by atoms with Gasteiger partial charge in [-0.05, 0) is 5.92 Å². The van der Waals surface area contributed by atoms with Gasteiger partial charge in [0.15, 0.2) is 0 Å². The van der Waals surface area contributed by atoms with Crippen LogP contribution in [0.25, 0.3) is 0 Å². The van der Waals surface area contributed by atoms with Crippen molar-refractivity contribution < 1.29 is 9.90 Å². The molecule has 2 N–H and O–H groups in total. The first-order valence-electron chi connectivity index (χ1n) is 5.86. The van der Waals surface area contributed by atoms with E-state index in [1.54, 1.807) is 0 Å². The summed E-state index contributed by atoms with van der Waals surface area (Å²) in [6, 6.07) is -0.435. The molecule has 0 aromatic carbocycles. The van der Waals surface area contributed by atoms with Crippen LogP contribution in [-0.4, -0.2) is 31.5 Å². The molecular weight excluding hydrogens is 252 g/mol. The zero-order chi connectivity index (χ0) is 14.7. The number of aromatic nitrogens is 3. The van der Waals surface area contributed by atoms with Gasteiger partial charge in [0.25, 0.3) is 5.56 Å². The first-order chi connectivity index (χ1) is 8.73. The van der Waals surface area contributed by atoms with Crippen molar-refractivity contribution in [2.24, 2.45) is 20.0 Å². The Morgan fingerprint density at radius 2 is 1.95 bits per heavy atom. The molecule has 0 spiro atoms. The van der Waals surface area contributed by atoms with Crippen LogP contribution in [-0.2, 0) is 18.9 Å². The average molecular weight is 270 g/mol. The third-order valence-corrected chi connectivity index (χ3v) is 2.84. The maximum atomic E-state index is 11.9. The SMILES string of the molecule is CC(C)C(CC(=O)O)Nc1nn(C)c(=O)n(C)c1=O. The maximum absolute atomic E-state index is 11.9. The topological polar surface area (TPSA) is 106 Å². The normalized spacial score (nSPS) is 12.5. The van der Waals surface area contributed by atoms with Crippen molar-refractivity contribution in [3.05, 3.63) is 20.8 Å². The largest absolute Gasteiger partial charge is 0.481 e. The van der Waals surface area contributed by atoms with E-state index >= 15 is 0 Å². The number of carboxylic acid groups (broad SMARTS) is 1. The number of nitrogens with one attached hydrogen (secondary N) is 1. The first-order valence-corrected chi connectivity index (χ1v) is 5.86. The summed E-state index contributed by atoms with van der Waals surface area (Å²) in [5.41, 5.74) is -1.10. The number of carboxylic acids is 1. The first kappa shape index (κ1) is 14.9. The lowest BCUT2D eigenvalue weighted by molar-refractivity contribution is -0.137. The molecule has 19 heavy (non-hydrogen) atoms. The minimum Gasteiger partial charge on any atom is -0.481 e. The number of aliphatic carboxylic acids is 1. The van der Waals surface area contributed by atoms with Crippen LogP contribution in [0, 0.1) is 5.92 Å². The Hall–Kier alpha value is -2.12. The Balaban J connectivity index is 3.14.